The molecule has 1 heteroatoms. The van der Waals surface area contributed by atoms with Gasteiger partial charge in [0.05, 0.1) is 12.7 Å². The van der Waals surface area contributed by atoms with Gasteiger partial charge in [0.1, 0.15) is 0 Å². The van der Waals surface area contributed by atoms with E-state index in [1.807, 2.05) is 24.3 Å². The van der Waals surface area contributed by atoms with Gasteiger partial charge in [-0.2, -0.15) is 0 Å². The summed E-state index contributed by atoms with van der Waals surface area (Å²) in [6, 6.07) is 20.7. The monoisotopic (exact) mass is 226 g/mol. The van der Waals surface area contributed by atoms with Crippen LogP contribution in [0.5, 0.6) is 0 Å². The van der Waals surface area contributed by atoms with Gasteiger partial charge in [-0.25, -0.2) is 0 Å². The zero-order valence-electron chi connectivity index (χ0n) is 10.2. The summed E-state index contributed by atoms with van der Waals surface area (Å²) in [5.41, 5.74) is 2.48. The van der Waals surface area contributed by atoms with Gasteiger partial charge < -0.3 is 4.74 Å². The first-order valence-corrected chi connectivity index (χ1v) is 6.10. The van der Waals surface area contributed by atoms with Crippen molar-refractivity contribution < 1.29 is 4.74 Å². The minimum Gasteiger partial charge on any atom is -0.369 e. The third kappa shape index (κ3) is 3.43. The molecule has 88 valence electrons. The fourth-order valence-corrected chi connectivity index (χ4v) is 1.89. The Morgan fingerprint density at radius 1 is 0.882 bits per heavy atom. The Bertz CT molecular complexity index is 422. The van der Waals surface area contributed by atoms with Gasteiger partial charge in [-0.3, -0.25) is 0 Å². The lowest BCUT2D eigenvalue weighted by Gasteiger charge is -2.16. The van der Waals surface area contributed by atoms with Gasteiger partial charge in [-0.15, -0.1) is 0 Å². The van der Waals surface area contributed by atoms with E-state index in [0.717, 1.165) is 6.42 Å². The summed E-state index contributed by atoms with van der Waals surface area (Å²) in [6.45, 7) is 2.83. The van der Waals surface area contributed by atoms with Gasteiger partial charge in [0, 0.05) is 0 Å². The van der Waals surface area contributed by atoms with Crippen LogP contribution in [0, 0.1) is 0 Å². The van der Waals surface area contributed by atoms with E-state index in [1.165, 1.54) is 11.1 Å². The van der Waals surface area contributed by atoms with Crippen molar-refractivity contribution in [2.75, 3.05) is 0 Å². The largest absolute Gasteiger partial charge is 0.369 e. The maximum atomic E-state index is 5.96. The minimum absolute atomic E-state index is 0.191. The predicted octanol–water partition coefficient (Wildman–Crippen LogP) is 4.35. The van der Waals surface area contributed by atoms with E-state index in [-0.39, 0.29) is 6.10 Å². The second kappa shape index (κ2) is 6.21. The van der Waals surface area contributed by atoms with E-state index in [2.05, 4.69) is 43.3 Å². The molecule has 0 aliphatic rings. The summed E-state index contributed by atoms with van der Waals surface area (Å²) in [4.78, 5) is 0. The van der Waals surface area contributed by atoms with Crippen LogP contribution in [0.15, 0.2) is 60.7 Å². The van der Waals surface area contributed by atoms with Crippen LogP contribution in [0.25, 0.3) is 0 Å². The Morgan fingerprint density at radius 2 is 1.47 bits per heavy atom. The standard InChI is InChI=1S/C16H18O/c1-2-16(15-11-7-4-8-12-15)17-13-14-9-5-3-6-10-14/h3-12,16H,2,13H2,1H3/t16-/m0/s1. The molecule has 0 aliphatic heterocycles. The van der Waals surface area contributed by atoms with E-state index < -0.39 is 0 Å². The van der Waals surface area contributed by atoms with Crippen molar-refractivity contribution >= 4 is 0 Å². The zero-order chi connectivity index (χ0) is 11.9. The Morgan fingerprint density at radius 3 is 2.06 bits per heavy atom. The first-order chi connectivity index (χ1) is 8.40. The number of hydrogen-bond acceptors (Lipinski definition) is 1. The Kier molecular flexibility index (Phi) is 4.34. The fourth-order valence-electron chi connectivity index (χ4n) is 1.89. The highest BCUT2D eigenvalue weighted by Gasteiger charge is 2.08. The lowest BCUT2D eigenvalue weighted by Crippen LogP contribution is -2.03. The smallest absolute Gasteiger partial charge is 0.0826 e. The van der Waals surface area contributed by atoms with Crippen LogP contribution in [0.4, 0.5) is 0 Å². The minimum atomic E-state index is 0.191. The normalized spacial score (nSPS) is 12.3. The second-order valence-corrected chi connectivity index (χ2v) is 4.10. The van der Waals surface area contributed by atoms with E-state index in [1.54, 1.807) is 0 Å². The first-order valence-electron chi connectivity index (χ1n) is 6.10. The Balaban J connectivity index is 1.97. The molecule has 1 atom stereocenters. The van der Waals surface area contributed by atoms with Crippen molar-refractivity contribution in [3.8, 4) is 0 Å². The highest BCUT2D eigenvalue weighted by Crippen LogP contribution is 2.21. The van der Waals surface area contributed by atoms with Crippen LogP contribution >= 0.6 is 0 Å². The molecule has 0 aromatic heterocycles. The van der Waals surface area contributed by atoms with Crippen molar-refractivity contribution in [2.45, 2.75) is 26.1 Å². The summed E-state index contributed by atoms with van der Waals surface area (Å²) in [5.74, 6) is 0. The van der Waals surface area contributed by atoms with Crippen LogP contribution in [-0.4, -0.2) is 0 Å². The molecule has 2 aromatic rings. The average molecular weight is 226 g/mol. The number of hydrogen-bond donors (Lipinski definition) is 0. The molecule has 0 saturated carbocycles. The van der Waals surface area contributed by atoms with Crippen molar-refractivity contribution in [3.05, 3.63) is 71.8 Å². The van der Waals surface area contributed by atoms with Gasteiger partial charge in [0.2, 0.25) is 0 Å². The maximum absolute atomic E-state index is 5.96. The number of benzene rings is 2. The summed E-state index contributed by atoms with van der Waals surface area (Å²) < 4.78 is 5.96. The second-order valence-electron chi connectivity index (χ2n) is 4.10. The highest BCUT2D eigenvalue weighted by molar-refractivity contribution is 5.18. The molecule has 0 radical (unpaired) electrons. The van der Waals surface area contributed by atoms with E-state index in [9.17, 15) is 0 Å². The molecule has 0 spiro atoms. The van der Waals surface area contributed by atoms with Gasteiger partial charge in [-0.05, 0) is 17.5 Å². The van der Waals surface area contributed by atoms with Crippen LogP contribution in [0.3, 0.4) is 0 Å². The molecule has 0 N–H and O–H groups in total. The fraction of sp³-hybridized carbons (Fsp3) is 0.250. The molecule has 0 saturated heterocycles. The summed E-state index contributed by atoms with van der Waals surface area (Å²) in [5, 5.41) is 0. The summed E-state index contributed by atoms with van der Waals surface area (Å²) in [6.07, 6.45) is 1.19. The average Bonchev–Trinajstić information content (AvgIpc) is 2.42. The molecule has 0 unspecified atom stereocenters. The SMILES string of the molecule is CC[C@H](OCc1ccccc1)c1ccccc1. The zero-order valence-corrected chi connectivity index (χ0v) is 10.2. The van der Waals surface area contributed by atoms with Crippen LogP contribution in [0.1, 0.15) is 30.6 Å². The van der Waals surface area contributed by atoms with Gasteiger partial charge >= 0.3 is 0 Å². The van der Waals surface area contributed by atoms with Gasteiger partial charge in [-0.1, -0.05) is 67.6 Å². The van der Waals surface area contributed by atoms with E-state index in [0.29, 0.717) is 6.61 Å². The molecular formula is C16H18O. The third-order valence-electron chi connectivity index (χ3n) is 2.84. The number of ether oxygens (including phenoxy) is 1. The molecule has 0 fully saturated rings. The maximum Gasteiger partial charge on any atom is 0.0826 e. The summed E-state index contributed by atoms with van der Waals surface area (Å²) >= 11 is 0. The molecule has 2 aromatic carbocycles. The topological polar surface area (TPSA) is 9.23 Å². The molecule has 17 heavy (non-hydrogen) atoms. The molecule has 0 amide bonds. The Hall–Kier alpha value is -1.60. The molecule has 0 heterocycles. The Labute approximate surface area is 103 Å². The first kappa shape index (κ1) is 11.9. The van der Waals surface area contributed by atoms with Gasteiger partial charge in [0.25, 0.3) is 0 Å². The van der Waals surface area contributed by atoms with Crippen molar-refractivity contribution in [2.24, 2.45) is 0 Å². The lowest BCUT2D eigenvalue weighted by molar-refractivity contribution is 0.0371. The van der Waals surface area contributed by atoms with Crippen LogP contribution in [0.2, 0.25) is 0 Å². The molecule has 0 aliphatic carbocycles. The van der Waals surface area contributed by atoms with Crippen LogP contribution < -0.4 is 0 Å². The van der Waals surface area contributed by atoms with E-state index >= 15 is 0 Å². The summed E-state index contributed by atoms with van der Waals surface area (Å²) in [7, 11) is 0. The molecular weight excluding hydrogens is 208 g/mol. The third-order valence-corrected chi connectivity index (χ3v) is 2.84. The molecule has 0 bridgehead atoms. The van der Waals surface area contributed by atoms with Gasteiger partial charge in [0.15, 0.2) is 0 Å². The van der Waals surface area contributed by atoms with Crippen LogP contribution in [-0.2, 0) is 11.3 Å². The quantitative estimate of drug-likeness (QED) is 0.736. The predicted molar refractivity (Wildman–Crippen MR) is 70.7 cm³/mol. The highest BCUT2D eigenvalue weighted by atomic mass is 16.5. The number of rotatable bonds is 5. The van der Waals surface area contributed by atoms with Crippen molar-refractivity contribution in [1.29, 1.82) is 0 Å². The molecule has 1 nitrogen and oxygen atoms in total. The van der Waals surface area contributed by atoms with Crippen molar-refractivity contribution in [3.63, 3.8) is 0 Å². The molecule has 2 rings (SSSR count). The van der Waals surface area contributed by atoms with Crippen molar-refractivity contribution in [1.82, 2.24) is 0 Å². The van der Waals surface area contributed by atoms with E-state index in [4.69, 9.17) is 4.74 Å². The lowest BCUT2D eigenvalue weighted by atomic mass is 10.1.